The maximum atomic E-state index is 6.75. The molecule has 0 unspecified atom stereocenters. The molecule has 0 aliphatic heterocycles. The molecule has 0 spiro atoms. The first-order chi connectivity index (χ1) is 1.41. The van der Waals surface area contributed by atoms with Crippen LogP contribution in [0.3, 0.4) is 0 Å². The largest absolute Gasteiger partial charge is 0.457 e. The van der Waals surface area contributed by atoms with Crippen molar-refractivity contribution in [1.82, 2.24) is 0 Å². The molecule has 0 aromatic heterocycles. The molecule has 0 aliphatic carbocycles. The molecule has 0 amide bonds. The highest BCUT2D eigenvalue weighted by Crippen LogP contribution is 1.29. The van der Waals surface area contributed by atoms with Gasteiger partial charge in [0.05, 0.1) is 0 Å². The van der Waals surface area contributed by atoms with Gasteiger partial charge in [-0.3, -0.25) is 4.91 Å². The summed E-state index contributed by atoms with van der Waals surface area (Å²) in [5, 5.41) is 0. The predicted octanol–water partition coefficient (Wildman–Crippen LogP) is -0.0558. The first-order valence-electron chi connectivity index (χ1n) is 0.400. The van der Waals surface area contributed by atoms with Crippen LogP contribution in [0.25, 0.3) is 16.0 Å². The molecule has 3 N–H and O–H groups in total. The Bertz CT molecular complexity index is 24.3. The van der Waals surface area contributed by atoms with Crippen molar-refractivity contribution in [2.45, 2.75) is 0 Å². The summed E-state index contributed by atoms with van der Waals surface area (Å²) in [6.07, 6.45) is 0. The summed E-state index contributed by atoms with van der Waals surface area (Å²) in [6.45, 7) is 0. The average molecular weight is 61.0 g/mol. The van der Waals surface area contributed by atoms with Crippen molar-refractivity contribution in [3.05, 3.63) is 16.0 Å². The lowest BCUT2D eigenvalue weighted by Gasteiger charge is -1.31. The quantitative estimate of drug-likeness (QED) is 0.162. The maximum Gasteiger partial charge on any atom is -0.255 e. The average Bonchev–Trinajstić information content (AvgIpc) is 0.918. The summed E-state index contributed by atoms with van der Waals surface area (Å²) < 4.78 is 0. The maximum absolute atomic E-state index is 6.75. The van der Waals surface area contributed by atoms with Crippen LogP contribution in [0.5, 0.6) is 0 Å². The third-order valence-electron chi connectivity index (χ3n) is 0. The van der Waals surface area contributed by atoms with Gasteiger partial charge in [-0.15, -0.1) is 0 Å². The van der Waals surface area contributed by atoms with Gasteiger partial charge in [0, 0.05) is 0 Å². The van der Waals surface area contributed by atoms with Crippen molar-refractivity contribution in [2.24, 2.45) is 0 Å². The van der Waals surface area contributed by atoms with Crippen molar-refractivity contribution < 1.29 is 5.48 Å². The van der Waals surface area contributed by atoms with E-state index in [1.165, 1.54) is 4.91 Å². The Morgan fingerprint density at radius 2 is 1.25 bits per heavy atom. The molecule has 24 valence electrons. The molecule has 0 aromatic rings. The Kier molecular flexibility index (Phi) is 131. The van der Waals surface area contributed by atoms with Gasteiger partial charge in [-0.2, -0.15) is 0 Å². The lowest BCUT2D eigenvalue weighted by Crippen LogP contribution is -0.711. The highest BCUT2D eigenvalue weighted by molar-refractivity contribution is 4.36. The number of rotatable bonds is 0. The van der Waals surface area contributed by atoms with Crippen molar-refractivity contribution in [3.63, 3.8) is 0 Å². The molecule has 0 atom stereocenters. The third kappa shape index (κ3) is 0.174. The van der Waals surface area contributed by atoms with E-state index in [-0.39, 0.29) is 5.48 Å². The van der Waals surface area contributed by atoms with Crippen LogP contribution >= 0.6 is 0 Å². The van der Waals surface area contributed by atoms with E-state index in [4.69, 9.17) is 11.1 Å². The molecule has 4 heavy (non-hydrogen) atoms. The van der Waals surface area contributed by atoms with Crippen LogP contribution in [0.15, 0.2) is 0 Å². The van der Waals surface area contributed by atoms with Crippen LogP contribution in [0, 0.1) is 0 Å². The SMILES string of the molecule is [N-]=[N+]=[N-].[OH3+]. The van der Waals surface area contributed by atoms with E-state index in [2.05, 4.69) is 0 Å². The van der Waals surface area contributed by atoms with Gasteiger partial charge in [-0.1, -0.05) is 0 Å². The van der Waals surface area contributed by atoms with Crippen LogP contribution in [-0.4, -0.2) is 0 Å². The zero-order chi connectivity index (χ0) is 2.71. The van der Waals surface area contributed by atoms with Gasteiger partial charge in [-0.25, -0.2) is 0 Å². The van der Waals surface area contributed by atoms with E-state index in [1.807, 2.05) is 0 Å². The second-order valence-corrected chi connectivity index (χ2v) is 0.0894. The lowest BCUT2D eigenvalue weighted by molar-refractivity contribution is 0.686. The minimum absolute atomic E-state index is 0. The third-order valence-corrected chi connectivity index (χ3v) is 0. The van der Waals surface area contributed by atoms with Gasteiger partial charge in [0.2, 0.25) is 0 Å². The van der Waals surface area contributed by atoms with Crippen LogP contribution in [0.2, 0.25) is 0 Å². The van der Waals surface area contributed by atoms with Gasteiger partial charge in [0.15, 0.2) is 0 Å². The van der Waals surface area contributed by atoms with Crippen molar-refractivity contribution in [1.29, 1.82) is 0 Å². The highest BCUT2D eigenvalue weighted by atomic mass is 16.0. The van der Waals surface area contributed by atoms with Gasteiger partial charge >= 0.3 is 0 Å². The molecule has 4 nitrogen and oxygen atoms in total. The molecule has 0 heterocycles. The van der Waals surface area contributed by atoms with Crippen molar-refractivity contribution >= 4 is 0 Å². The number of nitrogens with zero attached hydrogens (tertiary/aromatic N) is 3. The second-order valence-electron chi connectivity index (χ2n) is 0.0894. The summed E-state index contributed by atoms with van der Waals surface area (Å²) >= 11 is 0. The zero-order valence-electron chi connectivity index (χ0n) is 1.92. The first-order valence-corrected chi connectivity index (χ1v) is 0.400. The Labute approximate surface area is 22.8 Å². The fourth-order valence-electron chi connectivity index (χ4n) is 0. The molecular formula is H3N3O. The molecular weight excluding hydrogens is 58.0 g/mol. The van der Waals surface area contributed by atoms with E-state index in [1.54, 1.807) is 0 Å². The molecule has 0 radical (unpaired) electrons. The number of hydrogen-bond donors (Lipinski definition) is 0. The molecule has 4 heteroatoms. The number of hydrogen-bond acceptors (Lipinski definition) is 0. The fourth-order valence-corrected chi connectivity index (χ4v) is 0. The van der Waals surface area contributed by atoms with Crippen molar-refractivity contribution in [3.8, 4) is 0 Å². The van der Waals surface area contributed by atoms with Gasteiger partial charge in [0.1, 0.15) is 0 Å². The van der Waals surface area contributed by atoms with Crippen molar-refractivity contribution in [2.75, 3.05) is 0 Å². The molecule has 0 saturated heterocycles. The summed E-state index contributed by atoms with van der Waals surface area (Å²) in [5.74, 6) is 0. The van der Waals surface area contributed by atoms with Crippen LogP contribution in [0.1, 0.15) is 0 Å². The Hall–Kier alpha value is -0.730. The minimum Gasteiger partial charge on any atom is -0.457 e. The molecule has 0 rings (SSSR count). The lowest BCUT2D eigenvalue weighted by atomic mass is 13.0. The molecule has 0 aliphatic rings. The first kappa shape index (κ1) is 10.4. The van der Waals surface area contributed by atoms with Crippen LogP contribution < -0.4 is 0 Å². The van der Waals surface area contributed by atoms with Gasteiger partial charge in [0.25, 0.3) is 0 Å². The highest BCUT2D eigenvalue weighted by Gasteiger charge is 0.689. The summed E-state index contributed by atoms with van der Waals surface area (Å²) in [5.41, 5.74) is 13.5. The monoisotopic (exact) mass is 61.0 g/mol. The Morgan fingerprint density at radius 1 is 1.25 bits per heavy atom. The minimum atomic E-state index is 0. The Balaban J connectivity index is 0. The Morgan fingerprint density at radius 3 is 1.25 bits per heavy atom. The summed E-state index contributed by atoms with van der Waals surface area (Å²) in [7, 11) is 0. The van der Waals surface area contributed by atoms with Gasteiger partial charge < -0.3 is 16.5 Å². The standard InChI is InChI=1S/N3.H2O/c1-3-2;/h;1H2/q-1;/p+1. The van der Waals surface area contributed by atoms with E-state index in [0.717, 1.165) is 0 Å². The van der Waals surface area contributed by atoms with E-state index in [9.17, 15) is 0 Å². The van der Waals surface area contributed by atoms with E-state index in [0.29, 0.717) is 0 Å². The van der Waals surface area contributed by atoms with E-state index < -0.39 is 0 Å². The molecule has 0 bridgehead atoms. The normalized spacial score (nSPS) is 2.00. The van der Waals surface area contributed by atoms with Crippen LogP contribution in [-0.2, 0) is 5.48 Å². The smallest absolute Gasteiger partial charge is 0.255 e. The molecule has 0 aromatic carbocycles. The van der Waals surface area contributed by atoms with Crippen LogP contribution in [0.4, 0.5) is 0 Å². The fraction of sp³-hybridized carbons (Fsp3) is 0. The second kappa shape index (κ2) is 50.2. The summed E-state index contributed by atoms with van der Waals surface area (Å²) in [6, 6.07) is 0. The molecule has 0 fully saturated rings. The predicted molar refractivity (Wildman–Crippen MR) is 14.9 cm³/mol. The summed E-state index contributed by atoms with van der Waals surface area (Å²) in [4.78, 5) is 1.50. The molecule has 0 saturated carbocycles. The zero-order valence-corrected chi connectivity index (χ0v) is 1.92. The van der Waals surface area contributed by atoms with Gasteiger partial charge in [-0.05, 0) is 0 Å². The topological polar surface area (TPSA) is 91.7 Å². The van der Waals surface area contributed by atoms with E-state index >= 15 is 0 Å².